The topological polar surface area (TPSA) is 66.4 Å². The largest absolute Gasteiger partial charge is 0.363 e. The van der Waals surface area contributed by atoms with Crippen LogP contribution < -0.4 is 4.90 Å². The molecule has 1 aromatic rings. The minimum atomic E-state index is -3.19. The molecule has 1 atom stereocenters. The van der Waals surface area contributed by atoms with Crippen LogP contribution in [-0.2, 0) is 10.0 Å². The number of aromatic nitrogens is 2. The van der Waals surface area contributed by atoms with E-state index in [0.29, 0.717) is 18.8 Å². The molecular formula is C14H24N4O2S. The first-order valence-electron chi connectivity index (χ1n) is 7.37. The quantitative estimate of drug-likeness (QED) is 0.828. The van der Waals surface area contributed by atoms with Gasteiger partial charge >= 0.3 is 0 Å². The Morgan fingerprint density at radius 2 is 2.10 bits per heavy atom. The Morgan fingerprint density at radius 3 is 2.71 bits per heavy atom. The van der Waals surface area contributed by atoms with E-state index in [9.17, 15) is 8.42 Å². The zero-order chi connectivity index (χ0) is 15.6. The van der Waals surface area contributed by atoms with Crippen molar-refractivity contribution in [3.63, 3.8) is 0 Å². The number of rotatable bonds is 5. The molecule has 1 aliphatic heterocycles. The van der Waals surface area contributed by atoms with Crippen molar-refractivity contribution in [3.8, 4) is 0 Å². The van der Waals surface area contributed by atoms with Crippen molar-refractivity contribution in [1.82, 2.24) is 14.3 Å². The summed E-state index contributed by atoms with van der Waals surface area (Å²) < 4.78 is 26.4. The second-order valence-corrected chi connectivity index (χ2v) is 7.72. The zero-order valence-corrected chi connectivity index (χ0v) is 14.0. The summed E-state index contributed by atoms with van der Waals surface area (Å²) in [4.78, 5) is 10.8. The predicted octanol–water partition coefficient (Wildman–Crippen LogP) is 1.73. The summed E-state index contributed by atoms with van der Waals surface area (Å²) in [5, 5.41) is 0. The van der Waals surface area contributed by atoms with Crippen LogP contribution in [-0.4, -0.2) is 49.1 Å². The van der Waals surface area contributed by atoms with E-state index in [0.717, 1.165) is 24.4 Å². The molecule has 0 bridgehead atoms. The standard InChI is InChI=1S/C14H24N4O2S/c1-5-9-21(19,20)18-8-6-7-13(18)12-10-14(17(3)4)16-11(2)15-12/h10,13H,5-9H2,1-4H3/t13-/m1/s1. The molecule has 7 heteroatoms. The molecule has 2 heterocycles. The first-order valence-corrected chi connectivity index (χ1v) is 8.98. The van der Waals surface area contributed by atoms with E-state index in [1.54, 1.807) is 4.31 Å². The Balaban J connectivity index is 2.36. The van der Waals surface area contributed by atoms with E-state index in [1.807, 2.05) is 38.9 Å². The van der Waals surface area contributed by atoms with Gasteiger partial charge in [-0.05, 0) is 26.2 Å². The third-order valence-corrected chi connectivity index (χ3v) is 5.74. The highest BCUT2D eigenvalue weighted by Crippen LogP contribution is 2.34. The monoisotopic (exact) mass is 312 g/mol. The highest BCUT2D eigenvalue weighted by Gasteiger charge is 2.35. The molecule has 0 saturated carbocycles. The lowest BCUT2D eigenvalue weighted by molar-refractivity contribution is 0.389. The Bertz CT molecular complexity index is 601. The third-order valence-electron chi connectivity index (χ3n) is 3.67. The van der Waals surface area contributed by atoms with Gasteiger partial charge in [0.05, 0.1) is 17.5 Å². The van der Waals surface area contributed by atoms with Gasteiger partial charge in [0.25, 0.3) is 0 Å². The molecule has 0 spiro atoms. The van der Waals surface area contributed by atoms with E-state index in [2.05, 4.69) is 9.97 Å². The molecule has 0 amide bonds. The van der Waals surface area contributed by atoms with Crippen LogP contribution in [0.15, 0.2) is 6.07 Å². The molecule has 0 N–H and O–H groups in total. The fourth-order valence-corrected chi connectivity index (χ4v) is 4.48. The highest BCUT2D eigenvalue weighted by atomic mass is 32.2. The maximum absolute atomic E-state index is 12.4. The summed E-state index contributed by atoms with van der Waals surface area (Å²) in [6, 6.07) is 1.75. The molecule has 1 aliphatic rings. The van der Waals surface area contributed by atoms with E-state index in [1.165, 1.54) is 0 Å². The summed E-state index contributed by atoms with van der Waals surface area (Å²) in [6.45, 7) is 4.32. The SMILES string of the molecule is CCCS(=O)(=O)N1CCC[C@@H]1c1cc(N(C)C)nc(C)n1. The van der Waals surface area contributed by atoms with Gasteiger partial charge in [0.1, 0.15) is 11.6 Å². The van der Waals surface area contributed by atoms with Gasteiger partial charge in [-0.25, -0.2) is 18.4 Å². The molecule has 21 heavy (non-hydrogen) atoms. The third kappa shape index (κ3) is 3.52. The zero-order valence-electron chi connectivity index (χ0n) is 13.2. The molecule has 6 nitrogen and oxygen atoms in total. The van der Waals surface area contributed by atoms with E-state index < -0.39 is 10.0 Å². The van der Waals surface area contributed by atoms with Crippen molar-refractivity contribution >= 4 is 15.8 Å². The van der Waals surface area contributed by atoms with E-state index in [-0.39, 0.29) is 11.8 Å². The average Bonchev–Trinajstić information content (AvgIpc) is 2.87. The number of anilines is 1. The van der Waals surface area contributed by atoms with Gasteiger partial charge in [-0.15, -0.1) is 0 Å². The second-order valence-electron chi connectivity index (χ2n) is 5.68. The van der Waals surface area contributed by atoms with Gasteiger partial charge in [0.15, 0.2) is 0 Å². The van der Waals surface area contributed by atoms with Gasteiger partial charge in [-0.2, -0.15) is 4.31 Å². The number of sulfonamides is 1. The summed E-state index contributed by atoms with van der Waals surface area (Å²) in [5.41, 5.74) is 0.809. The van der Waals surface area contributed by atoms with Crippen molar-refractivity contribution in [2.24, 2.45) is 0 Å². The van der Waals surface area contributed by atoms with E-state index >= 15 is 0 Å². The molecule has 1 saturated heterocycles. The van der Waals surface area contributed by atoms with Gasteiger partial charge in [0, 0.05) is 26.7 Å². The van der Waals surface area contributed by atoms with Crippen LogP contribution in [0.3, 0.4) is 0 Å². The van der Waals surface area contributed by atoms with Crippen LogP contribution in [0.25, 0.3) is 0 Å². The van der Waals surface area contributed by atoms with Gasteiger partial charge in [-0.1, -0.05) is 6.92 Å². The second kappa shape index (κ2) is 6.27. The minimum Gasteiger partial charge on any atom is -0.363 e. The average molecular weight is 312 g/mol. The Hall–Kier alpha value is -1.21. The molecule has 1 fully saturated rings. The predicted molar refractivity (Wildman–Crippen MR) is 83.9 cm³/mol. The summed E-state index contributed by atoms with van der Waals surface area (Å²) in [6.07, 6.45) is 2.34. The lowest BCUT2D eigenvalue weighted by Gasteiger charge is -2.24. The molecular weight excluding hydrogens is 288 g/mol. The number of hydrogen-bond donors (Lipinski definition) is 0. The van der Waals surface area contributed by atoms with Crippen molar-refractivity contribution in [1.29, 1.82) is 0 Å². The summed E-state index contributed by atoms with van der Waals surface area (Å²) in [5.74, 6) is 1.70. The molecule has 0 aliphatic carbocycles. The van der Waals surface area contributed by atoms with Crippen LogP contribution in [0.5, 0.6) is 0 Å². The van der Waals surface area contributed by atoms with Crippen LogP contribution in [0.2, 0.25) is 0 Å². The lowest BCUT2D eigenvalue weighted by atomic mass is 10.1. The van der Waals surface area contributed by atoms with Gasteiger partial charge in [-0.3, -0.25) is 0 Å². The van der Waals surface area contributed by atoms with Crippen LogP contribution in [0.4, 0.5) is 5.82 Å². The molecule has 0 radical (unpaired) electrons. The number of aryl methyl sites for hydroxylation is 1. The maximum Gasteiger partial charge on any atom is 0.214 e. The molecule has 1 aromatic heterocycles. The molecule has 0 unspecified atom stereocenters. The van der Waals surface area contributed by atoms with Gasteiger partial charge < -0.3 is 4.90 Å². The lowest BCUT2D eigenvalue weighted by Crippen LogP contribution is -2.33. The number of nitrogens with zero attached hydrogens (tertiary/aromatic N) is 4. The van der Waals surface area contributed by atoms with Crippen molar-refractivity contribution < 1.29 is 8.42 Å². The Kier molecular flexibility index (Phi) is 4.83. The Morgan fingerprint density at radius 1 is 1.38 bits per heavy atom. The van der Waals surface area contributed by atoms with E-state index in [4.69, 9.17) is 0 Å². The summed E-state index contributed by atoms with van der Waals surface area (Å²) in [7, 11) is 0.651. The minimum absolute atomic E-state index is 0.151. The smallest absolute Gasteiger partial charge is 0.214 e. The van der Waals surface area contributed by atoms with Crippen LogP contribution in [0.1, 0.15) is 43.7 Å². The summed E-state index contributed by atoms with van der Waals surface area (Å²) >= 11 is 0. The fourth-order valence-electron chi connectivity index (χ4n) is 2.72. The van der Waals surface area contributed by atoms with Crippen molar-refractivity contribution in [2.75, 3.05) is 31.3 Å². The first-order chi connectivity index (χ1) is 9.85. The normalized spacial score (nSPS) is 19.9. The van der Waals surface area contributed by atoms with Crippen molar-refractivity contribution in [3.05, 3.63) is 17.6 Å². The molecule has 118 valence electrons. The first kappa shape index (κ1) is 16.2. The van der Waals surface area contributed by atoms with Crippen molar-refractivity contribution in [2.45, 2.75) is 39.2 Å². The van der Waals surface area contributed by atoms with Crippen LogP contribution >= 0.6 is 0 Å². The highest BCUT2D eigenvalue weighted by molar-refractivity contribution is 7.89. The van der Waals surface area contributed by atoms with Gasteiger partial charge in [0.2, 0.25) is 10.0 Å². The molecule has 2 rings (SSSR count). The number of hydrogen-bond acceptors (Lipinski definition) is 5. The maximum atomic E-state index is 12.4. The fraction of sp³-hybridized carbons (Fsp3) is 0.714. The molecule has 0 aromatic carbocycles. The Labute approximate surface area is 127 Å². The van der Waals surface area contributed by atoms with Crippen LogP contribution in [0, 0.1) is 6.92 Å².